The highest BCUT2D eigenvalue weighted by Crippen LogP contribution is 2.27. The van der Waals surface area contributed by atoms with Gasteiger partial charge in [-0.25, -0.2) is 8.42 Å². The molecule has 0 spiro atoms. The lowest BCUT2D eigenvalue weighted by atomic mass is 10.1. The number of benzene rings is 2. The van der Waals surface area contributed by atoms with Crippen molar-refractivity contribution in [1.82, 2.24) is 10.3 Å². The fourth-order valence-electron chi connectivity index (χ4n) is 3.21. The number of amides is 1. The van der Waals surface area contributed by atoms with E-state index in [2.05, 4.69) is 10.3 Å². The van der Waals surface area contributed by atoms with Crippen LogP contribution in [0.4, 0.5) is 5.69 Å². The Hall–Kier alpha value is -3.13. The van der Waals surface area contributed by atoms with Crippen LogP contribution in [-0.2, 0) is 10.0 Å². The fraction of sp³-hybridized carbons (Fsp3) is 0.273. The lowest BCUT2D eigenvalue weighted by Gasteiger charge is -2.22. The molecule has 0 aliphatic carbocycles. The van der Waals surface area contributed by atoms with E-state index in [0.717, 1.165) is 17.5 Å². The number of aromatic amines is 1. The van der Waals surface area contributed by atoms with Crippen LogP contribution in [0.2, 0.25) is 0 Å². The van der Waals surface area contributed by atoms with Gasteiger partial charge in [-0.15, -0.1) is 0 Å². The third-order valence-corrected chi connectivity index (χ3v) is 6.76. The Kier molecular flexibility index (Phi) is 5.98. The highest BCUT2D eigenvalue weighted by atomic mass is 32.2. The second kappa shape index (κ2) is 8.31. The second-order valence-electron chi connectivity index (χ2n) is 7.26. The van der Waals surface area contributed by atoms with Crippen LogP contribution >= 0.6 is 0 Å². The molecule has 158 valence electrons. The number of carbonyl (C=O) groups is 1. The van der Waals surface area contributed by atoms with Gasteiger partial charge in [0.15, 0.2) is 0 Å². The van der Waals surface area contributed by atoms with Crippen molar-refractivity contribution in [3.8, 4) is 0 Å². The van der Waals surface area contributed by atoms with Crippen molar-refractivity contribution >= 4 is 32.5 Å². The summed E-state index contributed by atoms with van der Waals surface area (Å²) in [6.45, 7) is 6.09. The van der Waals surface area contributed by atoms with E-state index in [0.29, 0.717) is 17.7 Å². The van der Waals surface area contributed by atoms with Gasteiger partial charge in [0, 0.05) is 30.7 Å². The summed E-state index contributed by atoms with van der Waals surface area (Å²) in [5.41, 5.74) is 2.23. The maximum atomic E-state index is 13.2. The smallest absolute Gasteiger partial charge is 0.264 e. The minimum absolute atomic E-state index is 0.0185. The van der Waals surface area contributed by atoms with Crippen molar-refractivity contribution in [1.29, 1.82) is 0 Å². The van der Waals surface area contributed by atoms with Gasteiger partial charge in [-0.2, -0.15) is 0 Å². The summed E-state index contributed by atoms with van der Waals surface area (Å²) >= 11 is 0. The number of pyridine rings is 1. The molecule has 1 heterocycles. The summed E-state index contributed by atoms with van der Waals surface area (Å²) < 4.78 is 27.7. The standard InChI is InChI=1S/C22H25N3O4S/c1-5-10-23-22(27)18-13-24-19-9-8-16(12-17(19)21(18)26)30(28,29)25(4)20-11-14(2)6-7-15(20)3/h6-9,11-13H,5,10H2,1-4H3,(H,23,27)(H,24,26). The minimum Gasteiger partial charge on any atom is -0.360 e. The second-order valence-corrected chi connectivity index (χ2v) is 9.23. The summed E-state index contributed by atoms with van der Waals surface area (Å²) in [5, 5.41) is 2.81. The lowest BCUT2D eigenvalue weighted by molar-refractivity contribution is 0.0952. The number of anilines is 1. The van der Waals surface area contributed by atoms with Gasteiger partial charge >= 0.3 is 0 Å². The van der Waals surface area contributed by atoms with Gasteiger partial charge < -0.3 is 10.3 Å². The predicted molar refractivity (Wildman–Crippen MR) is 119 cm³/mol. The molecule has 0 fully saturated rings. The maximum absolute atomic E-state index is 13.2. The number of hydrogen-bond donors (Lipinski definition) is 2. The van der Waals surface area contributed by atoms with Gasteiger partial charge in [0.2, 0.25) is 5.43 Å². The Labute approximate surface area is 175 Å². The number of carbonyl (C=O) groups excluding carboxylic acids is 1. The van der Waals surface area contributed by atoms with Crippen LogP contribution in [0.1, 0.15) is 34.8 Å². The number of H-pyrrole nitrogens is 1. The SMILES string of the molecule is CCCNC(=O)c1c[nH]c2ccc(S(=O)(=O)N(C)c3cc(C)ccc3C)cc2c1=O. The quantitative estimate of drug-likeness (QED) is 0.631. The molecule has 0 aliphatic heterocycles. The Bertz CT molecular complexity index is 1280. The van der Waals surface area contributed by atoms with Crippen LogP contribution in [0.3, 0.4) is 0 Å². The molecule has 2 aromatic carbocycles. The normalized spacial score (nSPS) is 11.5. The molecule has 0 bridgehead atoms. The van der Waals surface area contributed by atoms with Gasteiger partial charge in [0.05, 0.1) is 10.6 Å². The van der Waals surface area contributed by atoms with Crippen LogP contribution in [0.5, 0.6) is 0 Å². The monoisotopic (exact) mass is 427 g/mol. The third-order valence-electron chi connectivity index (χ3n) is 4.99. The first-order valence-corrected chi connectivity index (χ1v) is 11.1. The summed E-state index contributed by atoms with van der Waals surface area (Å²) in [4.78, 5) is 28.0. The number of rotatable bonds is 6. The highest BCUT2D eigenvalue weighted by Gasteiger charge is 2.24. The van der Waals surface area contributed by atoms with Gasteiger partial charge in [0.1, 0.15) is 5.56 Å². The number of aromatic nitrogens is 1. The van der Waals surface area contributed by atoms with Crippen LogP contribution in [-0.4, -0.2) is 32.9 Å². The molecule has 30 heavy (non-hydrogen) atoms. The van der Waals surface area contributed by atoms with E-state index in [1.165, 1.54) is 35.7 Å². The Balaban J connectivity index is 2.09. The van der Waals surface area contributed by atoms with E-state index in [-0.39, 0.29) is 15.8 Å². The van der Waals surface area contributed by atoms with E-state index >= 15 is 0 Å². The first-order chi connectivity index (χ1) is 14.2. The molecule has 0 saturated carbocycles. The summed E-state index contributed by atoms with van der Waals surface area (Å²) in [6, 6.07) is 9.89. The fourth-order valence-corrected chi connectivity index (χ4v) is 4.49. The molecule has 0 radical (unpaired) electrons. The zero-order valence-corrected chi connectivity index (χ0v) is 18.3. The van der Waals surface area contributed by atoms with Gasteiger partial charge in [-0.05, 0) is 55.7 Å². The number of fused-ring (bicyclic) bond motifs is 1. The van der Waals surface area contributed by atoms with E-state index in [9.17, 15) is 18.0 Å². The van der Waals surface area contributed by atoms with E-state index in [1.807, 2.05) is 32.9 Å². The van der Waals surface area contributed by atoms with Crippen LogP contribution in [0, 0.1) is 13.8 Å². The molecular formula is C22H25N3O4S. The van der Waals surface area contributed by atoms with Crippen LogP contribution in [0.15, 0.2) is 52.3 Å². The number of sulfonamides is 1. The number of aryl methyl sites for hydroxylation is 2. The molecule has 3 aromatic rings. The summed E-state index contributed by atoms with van der Waals surface area (Å²) in [5.74, 6) is -0.485. The van der Waals surface area contributed by atoms with Crippen LogP contribution in [0.25, 0.3) is 10.9 Å². The highest BCUT2D eigenvalue weighted by molar-refractivity contribution is 7.92. The predicted octanol–water partition coefficient (Wildman–Crippen LogP) is 3.11. The Morgan fingerprint density at radius 1 is 1.13 bits per heavy atom. The average molecular weight is 428 g/mol. The Morgan fingerprint density at radius 2 is 1.87 bits per heavy atom. The van der Waals surface area contributed by atoms with Crippen molar-refractivity contribution in [3.63, 3.8) is 0 Å². The molecule has 7 nitrogen and oxygen atoms in total. The van der Waals surface area contributed by atoms with Crippen molar-refractivity contribution < 1.29 is 13.2 Å². The van der Waals surface area contributed by atoms with Gasteiger partial charge in [-0.3, -0.25) is 13.9 Å². The number of nitrogens with zero attached hydrogens (tertiary/aromatic N) is 1. The Morgan fingerprint density at radius 3 is 2.57 bits per heavy atom. The topological polar surface area (TPSA) is 99.3 Å². The molecule has 1 aromatic heterocycles. The van der Waals surface area contributed by atoms with Crippen molar-refractivity contribution in [2.45, 2.75) is 32.1 Å². The zero-order valence-electron chi connectivity index (χ0n) is 17.4. The van der Waals surface area contributed by atoms with Crippen molar-refractivity contribution in [2.24, 2.45) is 0 Å². The first kappa shape index (κ1) is 21.6. The summed E-state index contributed by atoms with van der Waals surface area (Å²) in [6.07, 6.45) is 2.09. The first-order valence-electron chi connectivity index (χ1n) is 9.66. The van der Waals surface area contributed by atoms with E-state index in [1.54, 1.807) is 6.07 Å². The number of nitrogens with one attached hydrogen (secondary N) is 2. The molecule has 2 N–H and O–H groups in total. The summed E-state index contributed by atoms with van der Waals surface area (Å²) in [7, 11) is -2.42. The van der Waals surface area contributed by atoms with Crippen molar-refractivity contribution in [3.05, 3.63) is 69.5 Å². The maximum Gasteiger partial charge on any atom is 0.264 e. The molecule has 0 saturated heterocycles. The molecule has 0 unspecified atom stereocenters. The minimum atomic E-state index is -3.91. The molecule has 8 heteroatoms. The third kappa shape index (κ3) is 3.95. The molecule has 0 aliphatic rings. The number of hydrogen-bond acceptors (Lipinski definition) is 4. The van der Waals surface area contributed by atoms with Crippen molar-refractivity contribution in [2.75, 3.05) is 17.9 Å². The molecule has 3 rings (SSSR count). The average Bonchev–Trinajstić information content (AvgIpc) is 2.73. The van der Waals surface area contributed by atoms with Crippen LogP contribution < -0.4 is 15.1 Å². The molecule has 0 atom stereocenters. The molecular weight excluding hydrogens is 402 g/mol. The van der Waals surface area contributed by atoms with Gasteiger partial charge in [0.25, 0.3) is 15.9 Å². The zero-order chi connectivity index (χ0) is 22.1. The molecule has 1 amide bonds. The lowest BCUT2D eigenvalue weighted by Crippen LogP contribution is -2.30. The van der Waals surface area contributed by atoms with E-state index < -0.39 is 21.4 Å². The van der Waals surface area contributed by atoms with E-state index in [4.69, 9.17) is 0 Å². The largest absolute Gasteiger partial charge is 0.360 e. The van der Waals surface area contributed by atoms with Gasteiger partial charge in [-0.1, -0.05) is 19.1 Å².